The van der Waals surface area contributed by atoms with Crippen molar-refractivity contribution in [3.05, 3.63) is 29.0 Å². The number of hydrogen-bond donors (Lipinski definition) is 1. The van der Waals surface area contributed by atoms with Crippen LogP contribution >= 0.6 is 23.2 Å². The van der Waals surface area contributed by atoms with Crippen LogP contribution in [0.25, 0.3) is 0 Å². The minimum Gasteiger partial charge on any atom is -0.211 e. The van der Waals surface area contributed by atoms with E-state index in [4.69, 9.17) is 23.2 Å². The third-order valence-electron chi connectivity index (χ3n) is 2.61. The molecule has 1 N–H and O–H groups in total. The van der Waals surface area contributed by atoms with Gasteiger partial charge < -0.3 is 0 Å². The second kappa shape index (κ2) is 7.43. The van der Waals surface area contributed by atoms with Crippen LogP contribution in [-0.4, -0.2) is 20.8 Å². The van der Waals surface area contributed by atoms with Gasteiger partial charge in [0, 0.05) is 12.4 Å². The normalized spacial score (nSPS) is 13.5. The fraction of sp³-hybridized carbons (Fsp3) is 0.500. The van der Waals surface area contributed by atoms with Crippen molar-refractivity contribution in [2.75, 3.05) is 12.4 Å². The second-order valence-electron chi connectivity index (χ2n) is 4.37. The van der Waals surface area contributed by atoms with Gasteiger partial charge in [-0.3, -0.25) is 0 Å². The Kier molecular flexibility index (Phi) is 6.53. The highest BCUT2D eigenvalue weighted by Crippen LogP contribution is 2.22. The van der Waals surface area contributed by atoms with Crippen LogP contribution in [0.4, 0.5) is 4.39 Å². The number of halogens is 3. The van der Waals surface area contributed by atoms with E-state index in [-0.39, 0.29) is 16.5 Å². The Balaban J connectivity index is 2.64. The molecule has 0 spiro atoms. The summed E-state index contributed by atoms with van der Waals surface area (Å²) in [5.41, 5.74) is 0. The van der Waals surface area contributed by atoms with Gasteiger partial charge >= 0.3 is 0 Å². The first-order valence-electron chi connectivity index (χ1n) is 5.87. The van der Waals surface area contributed by atoms with E-state index >= 15 is 0 Å². The monoisotopic (exact) mass is 327 g/mol. The maximum atomic E-state index is 13.1. The highest BCUT2D eigenvalue weighted by atomic mass is 35.5. The molecule has 0 aromatic heterocycles. The van der Waals surface area contributed by atoms with Crippen LogP contribution in [0.5, 0.6) is 0 Å². The van der Waals surface area contributed by atoms with Crippen LogP contribution in [0.1, 0.15) is 19.8 Å². The molecule has 0 amide bonds. The largest absolute Gasteiger partial charge is 0.242 e. The summed E-state index contributed by atoms with van der Waals surface area (Å²) in [5.74, 6) is 0.243. The molecule has 0 bridgehead atoms. The minimum absolute atomic E-state index is 0.00280. The first-order chi connectivity index (χ1) is 8.86. The van der Waals surface area contributed by atoms with E-state index in [1.54, 1.807) is 0 Å². The molecule has 0 radical (unpaired) electrons. The molecule has 1 aromatic rings. The van der Waals surface area contributed by atoms with Gasteiger partial charge in [0.25, 0.3) is 0 Å². The topological polar surface area (TPSA) is 46.2 Å². The number of nitrogens with one attached hydrogen (secondary N) is 1. The van der Waals surface area contributed by atoms with Crippen molar-refractivity contribution in [3.63, 3.8) is 0 Å². The van der Waals surface area contributed by atoms with Crippen LogP contribution in [0, 0.1) is 11.7 Å². The number of hydrogen-bond acceptors (Lipinski definition) is 2. The van der Waals surface area contributed by atoms with Crippen molar-refractivity contribution in [3.8, 4) is 0 Å². The highest BCUT2D eigenvalue weighted by Gasteiger charge is 2.18. The molecule has 1 atom stereocenters. The van der Waals surface area contributed by atoms with Crippen molar-refractivity contribution in [2.24, 2.45) is 5.92 Å². The predicted molar refractivity (Wildman–Crippen MR) is 75.7 cm³/mol. The van der Waals surface area contributed by atoms with Gasteiger partial charge in [0.05, 0.1) is 5.02 Å². The Hall–Kier alpha value is -0.360. The Morgan fingerprint density at radius 1 is 1.42 bits per heavy atom. The molecule has 0 aliphatic rings. The first-order valence-corrected chi connectivity index (χ1v) is 8.27. The molecule has 0 heterocycles. The maximum absolute atomic E-state index is 13.1. The summed E-state index contributed by atoms with van der Waals surface area (Å²) in [4.78, 5) is -0.237. The molecule has 1 rings (SSSR count). The average Bonchev–Trinajstić information content (AvgIpc) is 2.37. The molecular weight excluding hydrogens is 312 g/mol. The first kappa shape index (κ1) is 16.7. The van der Waals surface area contributed by atoms with Crippen LogP contribution in [0.15, 0.2) is 23.1 Å². The molecule has 0 saturated carbocycles. The van der Waals surface area contributed by atoms with Gasteiger partial charge in [0.15, 0.2) is 0 Å². The summed E-state index contributed by atoms with van der Waals surface area (Å²) in [6.07, 6.45) is 1.49. The lowest BCUT2D eigenvalue weighted by Crippen LogP contribution is -2.25. The van der Waals surface area contributed by atoms with E-state index in [1.165, 1.54) is 6.07 Å². The van der Waals surface area contributed by atoms with E-state index in [0.29, 0.717) is 18.2 Å². The van der Waals surface area contributed by atoms with Gasteiger partial charge in [-0.1, -0.05) is 18.5 Å². The Labute approximate surface area is 123 Å². The smallest absolute Gasteiger partial charge is 0.211 e. The number of alkyl halides is 1. The standard InChI is InChI=1S/C12H16Cl2FNO2S/c1-9(8-13)3-2-6-16-19(17,18)12-7-10(15)4-5-11(12)14/h4-5,7,9,16H,2-3,6,8H2,1H3. The molecule has 0 fully saturated rings. The zero-order valence-electron chi connectivity index (χ0n) is 10.5. The molecule has 1 unspecified atom stereocenters. The van der Waals surface area contributed by atoms with Crippen LogP contribution < -0.4 is 4.72 Å². The lowest BCUT2D eigenvalue weighted by Gasteiger charge is -2.10. The van der Waals surface area contributed by atoms with Gasteiger partial charge in [-0.2, -0.15) is 0 Å². The van der Waals surface area contributed by atoms with Crippen LogP contribution in [-0.2, 0) is 10.0 Å². The summed E-state index contributed by atoms with van der Waals surface area (Å²) < 4.78 is 39.3. The number of rotatable bonds is 7. The Bertz CT molecular complexity index is 522. The lowest BCUT2D eigenvalue weighted by atomic mass is 10.1. The molecule has 1 aromatic carbocycles. The molecular formula is C12H16Cl2FNO2S. The lowest BCUT2D eigenvalue weighted by molar-refractivity contribution is 0.542. The van der Waals surface area contributed by atoms with Crippen molar-refractivity contribution >= 4 is 33.2 Å². The zero-order chi connectivity index (χ0) is 14.5. The SMILES string of the molecule is CC(CCl)CCCNS(=O)(=O)c1cc(F)ccc1Cl. The summed E-state index contributed by atoms with van der Waals surface area (Å²) in [5, 5.41) is 0.00280. The molecule has 0 saturated heterocycles. The van der Waals surface area contributed by atoms with Gasteiger partial charge in [0.1, 0.15) is 10.7 Å². The fourth-order valence-electron chi connectivity index (χ4n) is 1.50. The summed E-state index contributed by atoms with van der Waals surface area (Å²) in [6.45, 7) is 2.27. The van der Waals surface area contributed by atoms with E-state index in [1.807, 2.05) is 6.92 Å². The molecule has 0 aliphatic heterocycles. The Morgan fingerprint density at radius 3 is 2.74 bits per heavy atom. The predicted octanol–water partition coefficient (Wildman–Crippen LogP) is 3.41. The van der Waals surface area contributed by atoms with E-state index < -0.39 is 15.8 Å². The third-order valence-corrected chi connectivity index (χ3v) is 5.08. The van der Waals surface area contributed by atoms with Gasteiger partial charge in [-0.05, 0) is 37.0 Å². The van der Waals surface area contributed by atoms with Crippen molar-refractivity contribution in [1.82, 2.24) is 4.72 Å². The van der Waals surface area contributed by atoms with E-state index in [0.717, 1.165) is 18.6 Å². The maximum Gasteiger partial charge on any atom is 0.242 e. The molecule has 7 heteroatoms. The van der Waals surface area contributed by atoms with Gasteiger partial charge in [-0.25, -0.2) is 17.5 Å². The number of sulfonamides is 1. The van der Waals surface area contributed by atoms with E-state index in [9.17, 15) is 12.8 Å². The van der Waals surface area contributed by atoms with Crippen LogP contribution in [0.2, 0.25) is 5.02 Å². The van der Waals surface area contributed by atoms with E-state index in [2.05, 4.69) is 4.72 Å². The summed E-state index contributed by atoms with van der Waals surface area (Å²) in [7, 11) is -3.77. The molecule has 19 heavy (non-hydrogen) atoms. The van der Waals surface area contributed by atoms with Crippen LogP contribution in [0.3, 0.4) is 0 Å². The summed E-state index contributed by atoms with van der Waals surface area (Å²) >= 11 is 11.4. The molecule has 0 aliphatic carbocycles. The minimum atomic E-state index is -3.77. The van der Waals surface area contributed by atoms with Crippen molar-refractivity contribution in [1.29, 1.82) is 0 Å². The second-order valence-corrected chi connectivity index (χ2v) is 6.83. The third kappa shape index (κ3) is 5.26. The molecule has 3 nitrogen and oxygen atoms in total. The fourth-order valence-corrected chi connectivity index (χ4v) is 3.23. The Morgan fingerprint density at radius 2 is 2.11 bits per heavy atom. The number of benzene rings is 1. The van der Waals surface area contributed by atoms with Gasteiger partial charge in [0.2, 0.25) is 10.0 Å². The average molecular weight is 328 g/mol. The quantitative estimate of drug-likeness (QED) is 0.616. The molecule has 108 valence electrons. The summed E-state index contributed by atoms with van der Waals surface area (Å²) in [6, 6.07) is 3.25. The zero-order valence-corrected chi connectivity index (χ0v) is 12.8. The highest BCUT2D eigenvalue weighted by molar-refractivity contribution is 7.89. The van der Waals surface area contributed by atoms with Crippen molar-refractivity contribution < 1.29 is 12.8 Å². The van der Waals surface area contributed by atoms with Gasteiger partial charge in [-0.15, -0.1) is 11.6 Å². The van der Waals surface area contributed by atoms with Crippen molar-refractivity contribution in [2.45, 2.75) is 24.7 Å².